The first-order valence-electron chi connectivity index (χ1n) is 12.1. The molecule has 4 aromatic rings. The van der Waals surface area contributed by atoms with Crippen LogP contribution in [0.1, 0.15) is 68.7 Å². The Bertz CT molecular complexity index is 1370. The number of aromatic nitrogens is 6. The molecule has 4 rings (SSSR count). The number of aryl methyl sites for hydroxylation is 2. The van der Waals surface area contributed by atoms with Crippen LogP contribution in [0.15, 0.2) is 47.5 Å². The van der Waals surface area contributed by atoms with Crippen molar-refractivity contribution in [1.82, 2.24) is 35.1 Å². The molecule has 0 saturated heterocycles. The number of tetrazole rings is 1. The van der Waals surface area contributed by atoms with Gasteiger partial charge < -0.3 is 4.98 Å². The Morgan fingerprint density at radius 2 is 1.89 bits per heavy atom. The maximum absolute atomic E-state index is 13.2. The number of aromatic amines is 1. The number of benzene rings is 1. The van der Waals surface area contributed by atoms with Crippen LogP contribution in [0.2, 0.25) is 0 Å². The summed E-state index contributed by atoms with van der Waals surface area (Å²) in [5.74, 6) is 0.989. The molecule has 35 heavy (non-hydrogen) atoms. The van der Waals surface area contributed by atoms with Gasteiger partial charge in [-0.15, -0.1) is 5.10 Å². The minimum Gasteiger partial charge on any atom is -0.321 e. The monoisotopic (exact) mass is 473 g/mol. The smallest absolute Gasteiger partial charge is 0.252 e. The summed E-state index contributed by atoms with van der Waals surface area (Å²) in [5.41, 5.74) is 4.56. The van der Waals surface area contributed by atoms with Crippen molar-refractivity contribution in [2.24, 2.45) is 5.92 Å². The SMILES string of the molecule is Cc1cc(C)c2[nH]c(=O)c(CN(Cc3cccnc3)[C@H](c3nnnn3C(C)(C)C)C(C)C)cc2c1. The third kappa shape index (κ3) is 5.32. The molecule has 0 aliphatic carbocycles. The van der Waals surface area contributed by atoms with Gasteiger partial charge in [0.05, 0.1) is 17.1 Å². The van der Waals surface area contributed by atoms with E-state index in [-0.39, 0.29) is 23.1 Å². The highest BCUT2D eigenvalue weighted by Gasteiger charge is 2.33. The number of hydrogen-bond acceptors (Lipinski definition) is 6. The van der Waals surface area contributed by atoms with Crippen LogP contribution in [0.4, 0.5) is 0 Å². The van der Waals surface area contributed by atoms with Crippen LogP contribution in [-0.4, -0.2) is 35.1 Å². The number of hydrogen-bond donors (Lipinski definition) is 1. The molecule has 0 amide bonds. The second-order valence-electron chi connectivity index (χ2n) is 10.7. The molecular weight excluding hydrogens is 438 g/mol. The standard InChI is InChI=1S/C27H35N7O/c1-17(2)24(25-30-31-32-34(25)27(5,6)7)33(15-20-9-8-10-28-14-20)16-22-13-21-12-18(3)11-19(4)23(21)29-26(22)35/h8-14,17,24H,15-16H2,1-7H3,(H,29,35)/t24-/m0/s1. The highest BCUT2D eigenvalue weighted by atomic mass is 16.1. The fourth-order valence-electron chi connectivity index (χ4n) is 4.79. The van der Waals surface area contributed by atoms with Gasteiger partial charge in [-0.3, -0.25) is 14.7 Å². The topological polar surface area (TPSA) is 92.6 Å². The summed E-state index contributed by atoms with van der Waals surface area (Å²) in [6, 6.07) is 10.1. The van der Waals surface area contributed by atoms with Crippen molar-refractivity contribution in [3.63, 3.8) is 0 Å². The molecule has 0 aliphatic rings. The van der Waals surface area contributed by atoms with Crippen LogP contribution in [0.3, 0.4) is 0 Å². The average molecular weight is 474 g/mol. The van der Waals surface area contributed by atoms with E-state index in [1.54, 1.807) is 6.20 Å². The maximum atomic E-state index is 13.2. The van der Waals surface area contributed by atoms with E-state index < -0.39 is 0 Å². The molecule has 3 aromatic heterocycles. The Labute approximate surface area is 206 Å². The van der Waals surface area contributed by atoms with Crippen molar-refractivity contribution in [2.45, 2.75) is 73.1 Å². The molecule has 0 fully saturated rings. The summed E-state index contributed by atoms with van der Waals surface area (Å²) in [6.07, 6.45) is 3.64. The highest BCUT2D eigenvalue weighted by Crippen LogP contribution is 2.32. The Morgan fingerprint density at radius 1 is 1.11 bits per heavy atom. The summed E-state index contributed by atoms with van der Waals surface area (Å²) in [7, 11) is 0. The normalized spacial score (nSPS) is 13.2. The Hall–Kier alpha value is -3.39. The Kier molecular flexibility index (Phi) is 6.85. The van der Waals surface area contributed by atoms with Crippen molar-refractivity contribution >= 4 is 10.9 Å². The summed E-state index contributed by atoms with van der Waals surface area (Å²) >= 11 is 0. The quantitative estimate of drug-likeness (QED) is 0.419. The lowest BCUT2D eigenvalue weighted by Crippen LogP contribution is -2.37. The van der Waals surface area contributed by atoms with Crippen molar-refractivity contribution in [3.8, 4) is 0 Å². The summed E-state index contributed by atoms with van der Waals surface area (Å²) in [5, 5.41) is 13.8. The van der Waals surface area contributed by atoms with Crippen molar-refractivity contribution in [1.29, 1.82) is 0 Å². The van der Waals surface area contributed by atoms with Gasteiger partial charge in [-0.1, -0.05) is 31.5 Å². The predicted molar refractivity (Wildman–Crippen MR) is 138 cm³/mol. The predicted octanol–water partition coefficient (Wildman–Crippen LogP) is 4.68. The molecule has 1 atom stereocenters. The minimum atomic E-state index is -0.276. The van der Waals surface area contributed by atoms with Crippen molar-refractivity contribution in [2.75, 3.05) is 0 Å². The molecule has 0 radical (unpaired) electrons. The lowest BCUT2D eigenvalue weighted by molar-refractivity contribution is 0.119. The van der Waals surface area contributed by atoms with E-state index in [1.807, 2.05) is 29.9 Å². The van der Waals surface area contributed by atoms with E-state index in [4.69, 9.17) is 0 Å². The lowest BCUT2D eigenvalue weighted by Gasteiger charge is -2.35. The van der Waals surface area contributed by atoms with Crippen LogP contribution in [0, 0.1) is 19.8 Å². The molecule has 0 unspecified atom stereocenters. The van der Waals surface area contributed by atoms with Crippen LogP contribution >= 0.6 is 0 Å². The molecule has 184 valence electrons. The molecule has 8 nitrogen and oxygen atoms in total. The molecule has 0 saturated carbocycles. The maximum Gasteiger partial charge on any atom is 0.252 e. The van der Waals surface area contributed by atoms with E-state index in [2.05, 4.69) is 90.1 Å². The van der Waals surface area contributed by atoms with Gasteiger partial charge in [0.15, 0.2) is 5.82 Å². The van der Waals surface area contributed by atoms with Gasteiger partial charge in [-0.2, -0.15) is 0 Å². The number of fused-ring (bicyclic) bond motifs is 1. The number of rotatable bonds is 7. The van der Waals surface area contributed by atoms with Crippen LogP contribution in [-0.2, 0) is 18.6 Å². The van der Waals surface area contributed by atoms with E-state index >= 15 is 0 Å². The van der Waals surface area contributed by atoms with E-state index in [0.29, 0.717) is 18.7 Å². The van der Waals surface area contributed by atoms with Gasteiger partial charge in [0, 0.05) is 31.0 Å². The molecule has 0 spiro atoms. The molecule has 1 aromatic carbocycles. The number of H-pyrrole nitrogens is 1. The number of pyridine rings is 2. The first kappa shape index (κ1) is 24.7. The van der Waals surface area contributed by atoms with Crippen LogP contribution < -0.4 is 5.56 Å². The zero-order valence-electron chi connectivity index (χ0n) is 21.7. The zero-order chi connectivity index (χ0) is 25.3. The first-order valence-corrected chi connectivity index (χ1v) is 12.1. The fourth-order valence-corrected chi connectivity index (χ4v) is 4.79. The summed E-state index contributed by atoms with van der Waals surface area (Å²) in [6.45, 7) is 15.8. The third-order valence-electron chi connectivity index (χ3n) is 6.27. The summed E-state index contributed by atoms with van der Waals surface area (Å²) < 4.78 is 1.89. The van der Waals surface area contributed by atoms with Crippen molar-refractivity contribution in [3.05, 3.63) is 81.2 Å². The average Bonchev–Trinajstić information content (AvgIpc) is 3.25. The van der Waals surface area contributed by atoms with Gasteiger partial charge in [0.2, 0.25) is 0 Å². The second-order valence-corrected chi connectivity index (χ2v) is 10.7. The Morgan fingerprint density at radius 3 is 2.54 bits per heavy atom. The van der Waals surface area contributed by atoms with Gasteiger partial charge >= 0.3 is 0 Å². The highest BCUT2D eigenvalue weighted by molar-refractivity contribution is 5.82. The molecule has 3 heterocycles. The molecule has 0 aliphatic heterocycles. The number of nitrogens with one attached hydrogen (secondary N) is 1. The van der Waals surface area contributed by atoms with Gasteiger partial charge in [0.1, 0.15) is 0 Å². The van der Waals surface area contributed by atoms with Gasteiger partial charge in [-0.05, 0) is 85.7 Å². The largest absolute Gasteiger partial charge is 0.321 e. The van der Waals surface area contributed by atoms with Crippen LogP contribution in [0.25, 0.3) is 10.9 Å². The Balaban J connectivity index is 1.82. The second kappa shape index (κ2) is 9.70. The number of nitrogens with zero attached hydrogens (tertiary/aromatic N) is 6. The zero-order valence-corrected chi connectivity index (χ0v) is 21.7. The first-order chi connectivity index (χ1) is 16.5. The van der Waals surface area contributed by atoms with Crippen LogP contribution in [0.5, 0.6) is 0 Å². The molecular formula is C27H35N7O. The van der Waals surface area contributed by atoms with Crippen molar-refractivity contribution < 1.29 is 0 Å². The minimum absolute atomic E-state index is 0.0708. The van der Waals surface area contributed by atoms with E-state index in [9.17, 15) is 4.79 Å². The third-order valence-corrected chi connectivity index (χ3v) is 6.27. The van der Waals surface area contributed by atoms with Gasteiger partial charge in [0.25, 0.3) is 5.56 Å². The fraction of sp³-hybridized carbons (Fsp3) is 0.444. The van der Waals surface area contributed by atoms with E-state index in [0.717, 1.165) is 27.9 Å². The molecule has 1 N–H and O–H groups in total. The summed E-state index contributed by atoms with van der Waals surface area (Å²) in [4.78, 5) is 22.9. The van der Waals surface area contributed by atoms with Gasteiger partial charge in [-0.25, -0.2) is 4.68 Å². The lowest BCUT2D eigenvalue weighted by atomic mass is 9.98. The molecule has 0 bridgehead atoms. The van der Waals surface area contributed by atoms with E-state index in [1.165, 1.54) is 5.56 Å². The molecule has 8 heteroatoms.